The van der Waals surface area contributed by atoms with E-state index in [1.807, 2.05) is 0 Å². The van der Waals surface area contributed by atoms with Gasteiger partial charge >= 0.3 is 0 Å². The molecule has 11 rings (SSSR count). The molecule has 2 heteroatoms. The molecule has 0 unspecified atom stereocenters. The fourth-order valence-corrected chi connectivity index (χ4v) is 10.6. The molecule has 0 aliphatic rings. The highest BCUT2D eigenvalue weighted by Crippen LogP contribution is 2.38. The van der Waals surface area contributed by atoms with Crippen molar-refractivity contribution in [3.63, 3.8) is 0 Å². The predicted molar refractivity (Wildman–Crippen MR) is 299 cm³/mol. The molecular weight excluding hydrogens is 833 g/mol. The molecule has 0 fully saturated rings. The highest BCUT2D eigenvalue weighted by molar-refractivity contribution is 5.98. The summed E-state index contributed by atoms with van der Waals surface area (Å²) < 4.78 is 0. The third-order valence-electron chi connectivity index (χ3n) is 14.4. The lowest BCUT2D eigenvalue weighted by atomic mass is 9.87. The maximum atomic E-state index is 2.34. The van der Waals surface area contributed by atoms with Crippen LogP contribution in [0.15, 0.2) is 218 Å². The van der Waals surface area contributed by atoms with Crippen LogP contribution in [-0.2, 0) is 25.9 Å². The summed E-state index contributed by atoms with van der Waals surface area (Å²) in [5.74, 6) is 0. The van der Waals surface area contributed by atoms with E-state index in [1.165, 1.54) is 121 Å². The summed E-state index contributed by atoms with van der Waals surface area (Å²) in [5.41, 5.74) is 18.3. The topological polar surface area (TPSA) is 6.48 Å². The number of hydrogen-bond donors (Lipinski definition) is 0. The molecule has 0 N–H and O–H groups in total. The molecule has 0 amide bonds. The zero-order chi connectivity index (χ0) is 46.1. The van der Waals surface area contributed by atoms with E-state index >= 15 is 0 Å². The van der Waals surface area contributed by atoms with Gasteiger partial charge < -0.3 is 9.80 Å². The number of nitrogens with zero attached hydrogens (tertiary/aromatic N) is 2. The Balaban J connectivity index is 0.00000553. The monoisotopic (exact) mass is 892 g/mol. The summed E-state index contributed by atoms with van der Waals surface area (Å²) in [6, 6.07) is 80.9. The number of anilines is 2. The van der Waals surface area contributed by atoms with E-state index in [-0.39, 0.29) is 7.43 Å². The molecular formula is C67H60N2. The second-order valence-corrected chi connectivity index (χ2v) is 18.8. The second kappa shape index (κ2) is 19.3. The first-order valence-corrected chi connectivity index (χ1v) is 24.0. The van der Waals surface area contributed by atoms with Crippen molar-refractivity contribution in [3.8, 4) is 22.3 Å². The van der Waals surface area contributed by atoms with Gasteiger partial charge in [0.15, 0.2) is 0 Å². The van der Waals surface area contributed by atoms with Crippen molar-refractivity contribution in [1.82, 2.24) is 0 Å². The van der Waals surface area contributed by atoms with Crippen molar-refractivity contribution >= 4 is 54.5 Å². The predicted octanol–water partition coefficient (Wildman–Crippen LogP) is 17.3. The SMILES string of the molecule is C.Cc1c(-c2ccc3ccccc3c2Cc2ccc(CN(C)c3ccc(N(C)Cc4ccc(Cc5c(-c6ccc7ccccc7c6C)ccc6ccccc56)cc4)cc3)cc2)ccc2ccccc12. The molecule has 338 valence electrons. The largest absolute Gasteiger partial charge is 0.370 e. The van der Waals surface area contributed by atoms with Gasteiger partial charge in [0.25, 0.3) is 0 Å². The second-order valence-electron chi connectivity index (χ2n) is 18.8. The maximum Gasteiger partial charge on any atom is 0.0426 e. The number of fused-ring (bicyclic) bond motifs is 4. The first-order valence-electron chi connectivity index (χ1n) is 24.0. The van der Waals surface area contributed by atoms with Gasteiger partial charge in [-0.2, -0.15) is 0 Å². The number of rotatable bonds is 12. The first-order chi connectivity index (χ1) is 33.3. The van der Waals surface area contributed by atoms with Crippen molar-refractivity contribution in [3.05, 3.63) is 263 Å². The van der Waals surface area contributed by atoms with Crippen LogP contribution in [-0.4, -0.2) is 14.1 Å². The molecule has 69 heavy (non-hydrogen) atoms. The quantitative estimate of drug-likeness (QED) is 0.121. The van der Waals surface area contributed by atoms with Gasteiger partial charge in [0.1, 0.15) is 0 Å². The van der Waals surface area contributed by atoms with E-state index in [0.29, 0.717) is 0 Å². The van der Waals surface area contributed by atoms with E-state index in [0.717, 1.165) is 25.9 Å². The van der Waals surface area contributed by atoms with Gasteiger partial charge in [0, 0.05) is 38.6 Å². The summed E-state index contributed by atoms with van der Waals surface area (Å²) in [4.78, 5) is 4.68. The van der Waals surface area contributed by atoms with Gasteiger partial charge in [-0.15, -0.1) is 0 Å². The molecule has 0 radical (unpaired) electrons. The van der Waals surface area contributed by atoms with Gasteiger partial charge in [-0.05, 0) is 161 Å². The third-order valence-corrected chi connectivity index (χ3v) is 14.4. The Labute approximate surface area is 408 Å². The highest BCUT2D eigenvalue weighted by atomic mass is 15.1. The van der Waals surface area contributed by atoms with Crippen LogP contribution in [0.5, 0.6) is 0 Å². The Morgan fingerprint density at radius 1 is 0.290 bits per heavy atom. The van der Waals surface area contributed by atoms with Gasteiger partial charge in [-0.1, -0.05) is 202 Å². The zero-order valence-electron chi connectivity index (χ0n) is 39.5. The van der Waals surface area contributed by atoms with Crippen molar-refractivity contribution in [2.45, 2.75) is 47.2 Å². The minimum absolute atomic E-state index is 0. The van der Waals surface area contributed by atoms with Crippen molar-refractivity contribution < 1.29 is 0 Å². The lowest BCUT2D eigenvalue weighted by Crippen LogP contribution is -2.18. The van der Waals surface area contributed by atoms with Gasteiger partial charge in [-0.3, -0.25) is 0 Å². The Hall–Kier alpha value is -7.94. The van der Waals surface area contributed by atoms with Crippen LogP contribution in [0.1, 0.15) is 51.9 Å². The summed E-state index contributed by atoms with van der Waals surface area (Å²) in [5, 5.41) is 10.4. The molecule has 0 heterocycles. The van der Waals surface area contributed by atoms with Crippen LogP contribution in [0.4, 0.5) is 11.4 Å². The summed E-state index contributed by atoms with van der Waals surface area (Å²) in [7, 11) is 4.37. The molecule has 0 atom stereocenters. The van der Waals surface area contributed by atoms with E-state index in [1.54, 1.807) is 0 Å². The lowest BCUT2D eigenvalue weighted by Gasteiger charge is -2.23. The molecule has 0 bridgehead atoms. The molecule has 0 aliphatic carbocycles. The van der Waals surface area contributed by atoms with E-state index in [9.17, 15) is 0 Å². The van der Waals surface area contributed by atoms with Crippen LogP contribution in [0.3, 0.4) is 0 Å². The Morgan fingerprint density at radius 2 is 0.580 bits per heavy atom. The summed E-state index contributed by atoms with van der Waals surface area (Å²) in [6.07, 6.45) is 1.74. The van der Waals surface area contributed by atoms with E-state index in [2.05, 4.69) is 256 Å². The average Bonchev–Trinajstić information content (AvgIpc) is 3.38. The third kappa shape index (κ3) is 8.99. The highest BCUT2D eigenvalue weighted by Gasteiger charge is 2.17. The maximum absolute atomic E-state index is 2.34. The Kier molecular flexibility index (Phi) is 12.6. The molecule has 11 aromatic carbocycles. The summed E-state index contributed by atoms with van der Waals surface area (Å²) >= 11 is 0. The normalized spacial score (nSPS) is 11.3. The summed E-state index contributed by atoms with van der Waals surface area (Å²) in [6.45, 7) is 6.20. The zero-order valence-corrected chi connectivity index (χ0v) is 39.5. The molecule has 0 saturated carbocycles. The van der Waals surface area contributed by atoms with Crippen LogP contribution in [0.2, 0.25) is 0 Å². The van der Waals surface area contributed by atoms with Gasteiger partial charge in [-0.25, -0.2) is 0 Å². The van der Waals surface area contributed by atoms with Crippen molar-refractivity contribution in [2.75, 3.05) is 23.9 Å². The Bertz CT molecular complexity index is 3360. The molecule has 0 aromatic heterocycles. The minimum Gasteiger partial charge on any atom is -0.370 e. The fraction of sp³-hybridized carbons (Fsp3) is 0.134. The lowest BCUT2D eigenvalue weighted by molar-refractivity contribution is 0.910. The smallest absolute Gasteiger partial charge is 0.0426 e. The molecule has 0 spiro atoms. The van der Waals surface area contributed by atoms with Crippen LogP contribution >= 0.6 is 0 Å². The fourth-order valence-electron chi connectivity index (χ4n) is 10.6. The van der Waals surface area contributed by atoms with Gasteiger partial charge in [0.2, 0.25) is 0 Å². The Morgan fingerprint density at radius 3 is 0.942 bits per heavy atom. The van der Waals surface area contributed by atoms with Gasteiger partial charge in [0.05, 0.1) is 0 Å². The standard InChI is InChI=1S/C66H56N2.CH4/c1-45-57-17-9-5-13-51(57)29-37-59(45)63-39-31-53-15-7-11-19-61(53)65(63)41-47-21-25-49(26-22-47)43-67(3)55-33-35-56(36-34-55)68(4)44-50-27-23-48(24-28-50)42-66-62-20-12-8-16-54(62)32-40-64(66)60-38-30-52-14-6-10-18-58(52)46(60)2;/h5-40H,41-44H2,1-4H3;1H4. The minimum atomic E-state index is 0. The molecule has 0 aliphatic heterocycles. The number of benzene rings is 11. The molecule has 0 saturated heterocycles. The molecule has 11 aromatic rings. The van der Waals surface area contributed by atoms with Crippen LogP contribution in [0, 0.1) is 13.8 Å². The van der Waals surface area contributed by atoms with E-state index < -0.39 is 0 Å². The average molecular weight is 893 g/mol. The number of hydrogen-bond acceptors (Lipinski definition) is 2. The van der Waals surface area contributed by atoms with E-state index in [4.69, 9.17) is 0 Å². The first kappa shape index (κ1) is 44.9. The van der Waals surface area contributed by atoms with Crippen LogP contribution < -0.4 is 9.80 Å². The molecule has 2 nitrogen and oxygen atoms in total. The van der Waals surface area contributed by atoms with Crippen molar-refractivity contribution in [1.29, 1.82) is 0 Å². The van der Waals surface area contributed by atoms with Crippen LogP contribution in [0.25, 0.3) is 65.3 Å². The number of aryl methyl sites for hydroxylation is 2. The van der Waals surface area contributed by atoms with Crippen molar-refractivity contribution in [2.24, 2.45) is 0 Å².